The van der Waals surface area contributed by atoms with Gasteiger partial charge >= 0.3 is 0 Å². The zero-order valence-electron chi connectivity index (χ0n) is 6.15. The maximum absolute atomic E-state index is 10.8. The topological polar surface area (TPSA) is 34.9 Å². The third kappa shape index (κ3) is 1.18. The normalized spacial score (nSPS) is 21.7. The molecule has 0 aromatic carbocycles. The van der Waals surface area contributed by atoms with E-state index in [4.69, 9.17) is 0 Å². The number of fused-ring (bicyclic) bond motifs is 1. The van der Waals surface area contributed by atoms with Gasteiger partial charge in [0.15, 0.2) is 5.16 Å². The lowest BCUT2D eigenvalue weighted by molar-refractivity contribution is 0.636. The predicted molar refractivity (Wildman–Crippen MR) is 43.8 cm³/mol. The molecule has 0 bridgehead atoms. The van der Waals surface area contributed by atoms with Crippen LogP contribution in [-0.4, -0.2) is 14.8 Å². The van der Waals surface area contributed by atoms with E-state index < -0.39 is 0 Å². The molecule has 3 nitrogen and oxygen atoms in total. The minimum absolute atomic E-state index is 0.141. The molecule has 1 aromatic heterocycles. The third-order valence-electron chi connectivity index (χ3n) is 1.61. The molecule has 1 atom stereocenters. The van der Waals surface area contributed by atoms with Crippen molar-refractivity contribution in [1.29, 1.82) is 0 Å². The van der Waals surface area contributed by atoms with E-state index in [9.17, 15) is 4.79 Å². The van der Waals surface area contributed by atoms with Gasteiger partial charge in [-0.3, -0.25) is 4.79 Å². The molecule has 58 valence electrons. The van der Waals surface area contributed by atoms with E-state index in [0.717, 1.165) is 11.7 Å². The molecular formula is C7H8N2OS. The molecule has 11 heavy (non-hydrogen) atoms. The van der Waals surface area contributed by atoms with Gasteiger partial charge in [0.1, 0.15) is 0 Å². The van der Waals surface area contributed by atoms with E-state index >= 15 is 0 Å². The van der Waals surface area contributed by atoms with Crippen LogP contribution in [0.4, 0.5) is 0 Å². The van der Waals surface area contributed by atoms with Crippen LogP contribution in [-0.2, 0) is 6.54 Å². The van der Waals surface area contributed by atoms with E-state index in [1.54, 1.807) is 18.0 Å². The fourth-order valence-electron chi connectivity index (χ4n) is 1.14. The highest BCUT2D eigenvalue weighted by molar-refractivity contribution is 7.99. The van der Waals surface area contributed by atoms with Gasteiger partial charge in [0.2, 0.25) is 0 Å². The molecule has 0 fully saturated rings. The molecule has 2 rings (SSSR count). The zero-order chi connectivity index (χ0) is 7.84. The van der Waals surface area contributed by atoms with Crippen molar-refractivity contribution in [3.63, 3.8) is 0 Å². The van der Waals surface area contributed by atoms with Crippen molar-refractivity contribution in [2.24, 2.45) is 0 Å². The molecule has 0 spiro atoms. The van der Waals surface area contributed by atoms with Gasteiger partial charge in [-0.2, -0.15) is 4.98 Å². The standard InChI is InChI=1S/C7H8N2OS/c1-5-4-9-3-2-6(10)8-7(9)11-5/h2-3,5H,4H2,1H3. The van der Waals surface area contributed by atoms with Crippen molar-refractivity contribution >= 4 is 11.8 Å². The van der Waals surface area contributed by atoms with Crippen LogP contribution in [0.2, 0.25) is 0 Å². The Labute approximate surface area is 68.5 Å². The summed E-state index contributed by atoms with van der Waals surface area (Å²) >= 11 is 1.66. The lowest BCUT2D eigenvalue weighted by Crippen LogP contribution is -2.09. The fourth-order valence-corrected chi connectivity index (χ4v) is 2.15. The van der Waals surface area contributed by atoms with E-state index in [2.05, 4.69) is 11.9 Å². The highest BCUT2D eigenvalue weighted by atomic mass is 32.2. The number of nitrogens with zero attached hydrogens (tertiary/aromatic N) is 2. The molecule has 2 heterocycles. The minimum atomic E-state index is -0.141. The first-order valence-electron chi connectivity index (χ1n) is 3.50. The Hall–Kier alpha value is -0.770. The Morgan fingerprint density at radius 3 is 3.45 bits per heavy atom. The highest BCUT2D eigenvalue weighted by Gasteiger charge is 2.17. The smallest absolute Gasteiger partial charge is 0.273 e. The van der Waals surface area contributed by atoms with Crippen LogP contribution < -0.4 is 5.56 Å². The van der Waals surface area contributed by atoms with Gasteiger partial charge in [-0.05, 0) is 0 Å². The number of hydrogen-bond donors (Lipinski definition) is 0. The monoisotopic (exact) mass is 168 g/mol. The van der Waals surface area contributed by atoms with Crippen molar-refractivity contribution < 1.29 is 0 Å². The average molecular weight is 168 g/mol. The van der Waals surface area contributed by atoms with Crippen LogP contribution in [0.5, 0.6) is 0 Å². The second kappa shape index (κ2) is 2.37. The first kappa shape index (κ1) is 6.91. The third-order valence-corrected chi connectivity index (χ3v) is 2.70. The van der Waals surface area contributed by atoms with E-state index in [-0.39, 0.29) is 5.56 Å². The van der Waals surface area contributed by atoms with Crippen molar-refractivity contribution in [2.45, 2.75) is 23.9 Å². The van der Waals surface area contributed by atoms with Crippen molar-refractivity contribution in [3.05, 3.63) is 22.6 Å². The largest absolute Gasteiger partial charge is 0.326 e. The average Bonchev–Trinajstić information content (AvgIpc) is 2.27. The van der Waals surface area contributed by atoms with Gasteiger partial charge in [0.25, 0.3) is 5.56 Å². The molecule has 0 radical (unpaired) electrons. The van der Waals surface area contributed by atoms with Gasteiger partial charge in [-0.15, -0.1) is 0 Å². The minimum Gasteiger partial charge on any atom is -0.326 e. The van der Waals surface area contributed by atoms with Gasteiger partial charge in [0, 0.05) is 24.1 Å². The summed E-state index contributed by atoms with van der Waals surface area (Å²) in [7, 11) is 0. The Morgan fingerprint density at radius 2 is 2.64 bits per heavy atom. The van der Waals surface area contributed by atoms with Crippen LogP contribution in [0.15, 0.2) is 22.2 Å². The van der Waals surface area contributed by atoms with Gasteiger partial charge in [-0.1, -0.05) is 18.7 Å². The summed E-state index contributed by atoms with van der Waals surface area (Å²) in [5.41, 5.74) is -0.141. The summed E-state index contributed by atoms with van der Waals surface area (Å²) in [4.78, 5) is 14.7. The summed E-state index contributed by atoms with van der Waals surface area (Å²) in [5, 5.41) is 1.40. The second-order valence-electron chi connectivity index (χ2n) is 2.63. The molecule has 0 amide bonds. The fraction of sp³-hybridized carbons (Fsp3) is 0.429. The molecule has 0 saturated carbocycles. The first-order valence-corrected chi connectivity index (χ1v) is 4.38. The number of rotatable bonds is 0. The van der Waals surface area contributed by atoms with Gasteiger partial charge in [0.05, 0.1) is 0 Å². The Bertz CT molecular complexity index is 333. The SMILES string of the molecule is CC1Cn2ccc(=O)nc2S1. The molecule has 0 saturated heterocycles. The van der Waals surface area contributed by atoms with Crippen LogP contribution in [0, 0.1) is 0 Å². The maximum Gasteiger partial charge on any atom is 0.273 e. The quantitative estimate of drug-likeness (QED) is 0.536. The number of thioether (sulfide) groups is 1. The molecular weight excluding hydrogens is 160 g/mol. The van der Waals surface area contributed by atoms with E-state index in [0.29, 0.717) is 5.25 Å². The molecule has 1 aliphatic rings. The predicted octanol–water partition coefficient (Wildman–Crippen LogP) is 0.737. The van der Waals surface area contributed by atoms with Crippen LogP contribution in [0.3, 0.4) is 0 Å². The summed E-state index contributed by atoms with van der Waals surface area (Å²) < 4.78 is 2.01. The second-order valence-corrected chi connectivity index (χ2v) is 4.03. The number of hydrogen-bond acceptors (Lipinski definition) is 3. The summed E-state index contributed by atoms with van der Waals surface area (Å²) in [6.45, 7) is 3.09. The lowest BCUT2D eigenvalue weighted by Gasteiger charge is -1.97. The van der Waals surface area contributed by atoms with Crippen LogP contribution in [0.25, 0.3) is 0 Å². The van der Waals surface area contributed by atoms with Crippen molar-refractivity contribution in [3.8, 4) is 0 Å². The van der Waals surface area contributed by atoms with Gasteiger partial charge in [-0.25, -0.2) is 0 Å². The van der Waals surface area contributed by atoms with Crippen molar-refractivity contribution in [1.82, 2.24) is 9.55 Å². The Balaban J connectivity index is 2.51. The molecule has 1 aliphatic heterocycles. The molecule has 4 heteroatoms. The molecule has 1 aromatic rings. The number of aromatic nitrogens is 2. The van der Waals surface area contributed by atoms with E-state index in [1.807, 2.05) is 4.57 Å². The van der Waals surface area contributed by atoms with Crippen molar-refractivity contribution in [2.75, 3.05) is 0 Å². The first-order chi connectivity index (χ1) is 5.25. The molecule has 1 unspecified atom stereocenters. The Kier molecular flexibility index (Phi) is 1.49. The maximum atomic E-state index is 10.8. The summed E-state index contributed by atoms with van der Waals surface area (Å²) in [6, 6.07) is 1.50. The van der Waals surface area contributed by atoms with Crippen LogP contribution >= 0.6 is 11.8 Å². The zero-order valence-corrected chi connectivity index (χ0v) is 6.97. The summed E-state index contributed by atoms with van der Waals surface area (Å²) in [6.07, 6.45) is 1.81. The lowest BCUT2D eigenvalue weighted by atomic mass is 10.4. The van der Waals surface area contributed by atoms with E-state index in [1.165, 1.54) is 6.07 Å². The summed E-state index contributed by atoms with van der Waals surface area (Å²) in [5.74, 6) is 0. The molecule has 0 aliphatic carbocycles. The van der Waals surface area contributed by atoms with Crippen LogP contribution in [0.1, 0.15) is 6.92 Å². The highest BCUT2D eigenvalue weighted by Crippen LogP contribution is 2.27. The molecule has 0 N–H and O–H groups in total. The van der Waals surface area contributed by atoms with Gasteiger partial charge < -0.3 is 4.57 Å². The Morgan fingerprint density at radius 1 is 1.82 bits per heavy atom.